The van der Waals surface area contributed by atoms with E-state index in [1.807, 2.05) is 0 Å². The molecule has 2 rings (SSSR count). The number of guanidine groups is 1. The van der Waals surface area contributed by atoms with E-state index in [1.165, 1.54) is 24.6 Å². The molecule has 224 valence electrons. The van der Waals surface area contributed by atoms with E-state index in [1.54, 1.807) is 32.2 Å². The van der Waals surface area contributed by atoms with Crippen molar-refractivity contribution in [3.63, 3.8) is 0 Å². The number of aromatic nitrogens is 1. The van der Waals surface area contributed by atoms with Gasteiger partial charge in [-0.05, 0) is 62.8 Å². The SMILES string of the molecule is COc1cc(C)c(S(=O)(=O)NC(N)=NCCC[C@H](NC(=O)[C@@H](N)CCS(C)(=O)=O)C(O)c2nccs2)c(C)c1C. The lowest BCUT2D eigenvalue weighted by molar-refractivity contribution is -0.124. The Balaban J connectivity index is 2.08. The maximum Gasteiger partial charge on any atom is 0.264 e. The Morgan fingerprint density at radius 1 is 1.20 bits per heavy atom. The molecule has 13 nitrogen and oxygen atoms in total. The minimum atomic E-state index is -4.03. The summed E-state index contributed by atoms with van der Waals surface area (Å²) in [6, 6.07) is -0.250. The lowest BCUT2D eigenvalue weighted by atomic mass is 10.0. The summed E-state index contributed by atoms with van der Waals surface area (Å²) in [6.45, 7) is 5.19. The highest BCUT2D eigenvalue weighted by molar-refractivity contribution is 7.90. The van der Waals surface area contributed by atoms with Gasteiger partial charge in [-0.25, -0.2) is 26.5 Å². The molecule has 0 saturated heterocycles. The number of hydrogen-bond acceptors (Lipinski definition) is 11. The number of carbonyl (C=O) groups is 1. The molecule has 1 aromatic heterocycles. The van der Waals surface area contributed by atoms with Crippen molar-refractivity contribution in [2.75, 3.05) is 25.7 Å². The summed E-state index contributed by atoms with van der Waals surface area (Å²) in [5, 5.41) is 15.5. The Morgan fingerprint density at radius 2 is 1.88 bits per heavy atom. The molecule has 16 heteroatoms. The van der Waals surface area contributed by atoms with Crippen molar-refractivity contribution in [2.45, 2.75) is 63.1 Å². The van der Waals surface area contributed by atoms with Crippen LogP contribution in [0.4, 0.5) is 0 Å². The van der Waals surface area contributed by atoms with Gasteiger partial charge in [0.05, 0.1) is 29.8 Å². The molecule has 0 aliphatic rings. The number of nitrogens with two attached hydrogens (primary N) is 2. The first-order chi connectivity index (χ1) is 18.6. The molecule has 0 bridgehead atoms. The Kier molecular flexibility index (Phi) is 11.9. The quantitative estimate of drug-likeness (QED) is 0.112. The van der Waals surface area contributed by atoms with Crippen molar-refractivity contribution >= 4 is 43.1 Å². The van der Waals surface area contributed by atoms with Crippen LogP contribution in [-0.4, -0.2) is 76.5 Å². The average molecular weight is 619 g/mol. The molecule has 1 heterocycles. The summed E-state index contributed by atoms with van der Waals surface area (Å²) >= 11 is 1.21. The molecule has 3 atom stereocenters. The number of aliphatic imine (C=N–C) groups is 1. The van der Waals surface area contributed by atoms with Gasteiger partial charge in [-0.3, -0.25) is 9.79 Å². The molecule has 7 N–H and O–H groups in total. The monoisotopic (exact) mass is 618 g/mol. The van der Waals surface area contributed by atoms with Gasteiger partial charge in [-0.15, -0.1) is 11.3 Å². The van der Waals surface area contributed by atoms with Gasteiger partial charge in [0.1, 0.15) is 26.7 Å². The highest BCUT2D eigenvalue weighted by Gasteiger charge is 2.27. The number of sulfone groups is 1. The number of hydrogen-bond donors (Lipinski definition) is 5. The number of nitrogens with zero attached hydrogens (tertiary/aromatic N) is 2. The van der Waals surface area contributed by atoms with Crippen LogP contribution in [0.2, 0.25) is 0 Å². The van der Waals surface area contributed by atoms with Crippen LogP contribution < -0.4 is 26.2 Å². The van der Waals surface area contributed by atoms with Crippen molar-refractivity contribution < 1.29 is 31.5 Å². The number of carbonyl (C=O) groups excluding carboxylic acids is 1. The summed E-state index contributed by atoms with van der Waals surface area (Å²) in [4.78, 5) is 20.9. The number of aliphatic hydroxyl groups is 1. The second-order valence-electron chi connectivity index (χ2n) is 9.44. The summed E-state index contributed by atoms with van der Waals surface area (Å²) in [6.07, 6.45) is 1.90. The fourth-order valence-electron chi connectivity index (χ4n) is 4.00. The molecule has 1 amide bonds. The normalized spacial score (nSPS) is 14.8. The number of aryl methyl sites for hydroxylation is 1. The van der Waals surface area contributed by atoms with E-state index >= 15 is 0 Å². The third-order valence-corrected chi connectivity index (χ3v) is 9.68. The average Bonchev–Trinajstić information content (AvgIpc) is 3.40. The zero-order valence-electron chi connectivity index (χ0n) is 23.2. The van der Waals surface area contributed by atoms with Gasteiger partial charge in [-0.2, -0.15) is 0 Å². The number of aliphatic hydroxyl groups excluding tert-OH is 1. The van der Waals surface area contributed by atoms with Crippen molar-refractivity contribution in [3.8, 4) is 5.75 Å². The smallest absolute Gasteiger partial charge is 0.264 e. The number of sulfonamides is 1. The zero-order valence-corrected chi connectivity index (χ0v) is 25.6. The molecular weight excluding hydrogens is 581 g/mol. The van der Waals surface area contributed by atoms with Crippen LogP contribution in [0.15, 0.2) is 27.5 Å². The van der Waals surface area contributed by atoms with E-state index < -0.39 is 44.0 Å². The number of amides is 1. The topological polar surface area (TPSA) is 216 Å². The molecule has 2 aromatic rings. The van der Waals surface area contributed by atoms with E-state index in [4.69, 9.17) is 16.2 Å². The predicted octanol–water partition coefficient (Wildman–Crippen LogP) is 0.431. The summed E-state index contributed by atoms with van der Waals surface area (Å²) in [7, 11) is -5.82. The largest absolute Gasteiger partial charge is 0.496 e. The molecule has 0 aliphatic heterocycles. The van der Waals surface area contributed by atoms with Crippen LogP contribution in [0.3, 0.4) is 0 Å². The fourth-order valence-corrected chi connectivity index (χ4v) is 6.85. The maximum atomic E-state index is 13.0. The van der Waals surface area contributed by atoms with E-state index in [-0.39, 0.29) is 36.0 Å². The van der Waals surface area contributed by atoms with Crippen LogP contribution in [0.1, 0.15) is 47.1 Å². The van der Waals surface area contributed by atoms with Gasteiger partial charge in [-0.1, -0.05) is 0 Å². The Labute approximate surface area is 239 Å². The van der Waals surface area contributed by atoms with E-state index in [0.29, 0.717) is 33.9 Å². The lowest BCUT2D eigenvalue weighted by Crippen LogP contribution is -2.48. The number of ether oxygens (including phenoxy) is 1. The van der Waals surface area contributed by atoms with Gasteiger partial charge in [0.25, 0.3) is 10.0 Å². The molecule has 40 heavy (non-hydrogen) atoms. The molecule has 0 saturated carbocycles. The van der Waals surface area contributed by atoms with Crippen LogP contribution >= 0.6 is 11.3 Å². The van der Waals surface area contributed by atoms with Crippen molar-refractivity contribution in [1.29, 1.82) is 0 Å². The van der Waals surface area contributed by atoms with E-state index in [2.05, 4.69) is 20.0 Å². The molecule has 0 spiro atoms. The van der Waals surface area contributed by atoms with Gasteiger partial charge in [0, 0.05) is 24.4 Å². The molecule has 1 unspecified atom stereocenters. The van der Waals surface area contributed by atoms with Gasteiger partial charge >= 0.3 is 0 Å². The van der Waals surface area contributed by atoms with Crippen molar-refractivity contribution in [3.05, 3.63) is 39.3 Å². The Hall–Kier alpha value is -2.79. The number of nitrogens with one attached hydrogen (secondary N) is 2. The molecule has 0 radical (unpaired) electrons. The van der Waals surface area contributed by atoms with Crippen LogP contribution in [0.25, 0.3) is 0 Å². The molecule has 0 aliphatic carbocycles. The highest BCUT2D eigenvalue weighted by atomic mass is 32.2. The Morgan fingerprint density at radius 3 is 2.45 bits per heavy atom. The van der Waals surface area contributed by atoms with Crippen molar-refractivity contribution in [2.24, 2.45) is 16.5 Å². The Bertz CT molecular complexity index is 1410. The van der Waals surface area contributed by atoms with E-state index in [0.717, 1.165) is 6.26 Å². The van der Waals surface area contributed by atoms with Crippen LogP contribution in [-0.2, 0) is 24.7 Å². The fraction of sp³-hybridized carbons (Fsp3) is 0.542. The summed E-state index contributed by atoms with van der Waals surface area (Å²) in [5.41, 5.74) is 13.4. The predicted molar refractivity (Wildman–Crippen MR) is 155 cm³/mol. The minimum absolute atomic E-state index is 0.0711. The van der Waals surface area contributed by atoms with Gasteiger partial charge in [0.15, 0.2) is 0 Å². The number of methoxy groups -OCH3 is 1. The number of thiazole rings is 1. The maximum absolute atomic E-state index is 13.0. The third kappa shape index (κ3) is 9.40. The summed E-state index contributed by atoms with van der Waals surface area (Å²) < 4.78 is 56.5. The zero-order chi connectivity index (χ0) is 30.3. The van der Waals surface area contributed by atoms with E-state index in [9.17, 15) is 26.7 Å². The van der Waals surface area contributed by atoms with Crippen LogP contribution in [0.5, 0.6) is 5.75 Å². The van der Waals surface area contributed by atoms with Crippen molar-refractivity contribution in [1.82, 2.24) is 15.0 Å². The second kappa shape index (κ2) is 14.2. The lowest BCUT2D eigenvalue weighted by Gasteiger charge is -2.24. The number of rotatable bonds is 14. The molecule has 0 fully saturated rings. The first-order valence-corrected chi connectivity index (χ1v) is 16.8. The highest BCUT2D eigenvalue weighted by Crippen LogP contribution is 2.30. The second-order valence-corrected chi connectivity index (χ2v) is 14.2. The molecular formula is C24H38N6O7S3. The van der Waals surface area contributed by atoms with Gasteiger partial charge in [0.2, 0.25) is 11.9 Å². The third-order valence-electron chi connectivity index (χ3n) is 6.21. The first kappa shape index (κ1) is 33.4. The van der Waals surface area contributed by atoms with Gasteiger partial charge < -0.3 is 26.6 Å². The van der Waals surface area contributed by atoms with Crippen LogP contribution in [0, 0.1) is 20.8 Å². The standard InChI is InChI=1S/C24H38N6O7S3/c1-14-13-19(37-4)15(2)16(3)21(14)40(35,36)30-24(26)28-9-6-7-18(20(31)23-27-10-11-38-23)29-22(32)17(25)8-12-39(5,33)34/h10-11,13,17-18,20,31H,6-9,12,25H2,1-5H3,(H,29,32)(H3,26,28,30)/t17-,18-,20?/m0/s1. The first-order valence-electron chi connectivity index (χ1n) is 12.4. The summed E-state index contributed by atoms with van der Waals surface area (Å²) in [5.74, 6) is -0.592. The number of benzene rings is 1. The minimum Gasteiger partial charge on any atom is -0.496 e. The molecule has 1 aromatic carbocycles.